The first-order valence-corrected chi connectivity index (χ1v) is 5.38. The Kier molecular flexibility index (Phi) is 2.21. The highest BCUT2D eigenvalue weighted by Crippen LogP contribution is 2.20. The first-order chi connectivity index (χ1) is 8.79. The second-order valence-electron chi connectivity index (χ2n) is 3.86. The van der Waals surface area contributed by atoms with Gasteiger partial charge in [-0.15, -0.1) is 0 Å². The van der Waals surface area contributed by atoms with Crippen molar-refractivity contribution in [3.8, 4) is 11.9 Å². The second kappa shape index (κ2) is 3.86. The van der Waals surface area contributed by atoms with Crippen LogP contribution in [0.3, 0.4) is 0 Å². The number of benzene rings is 1. The summed E-state index contributed by atoms with van der Waals surface area (Å²) in [4.78, 5) is 4.19. The number of pyridine rings is 1. The van der Waals surface area contributed by atoms with Gasteiger partial charge < -0.3 is 5.73 Å². The quantitative estimate of drug-likeness (QED) is 0.698. The van der Waals surface area contributed by atoms with Crippen molar-refractivity contribution in [2.75, 3.05) is 5.73 Å². The summed E-state index contributed by atoms with van der Waals surface area (Å²) in [6, 6.07) is 11.4. The average Bonchev–Trinajstić information content (AvgIpc) is 2.82. The molecule has 2 aromatic heterocycles. The van der Waals surface area contributed by atoms with Crippen molar-refractivity contribution in [2.45, 2.75) is 0 Å². The minimum atomic E-state index is 0.433. The molecular formula is C13H9N5. The predicted octanol–water partition coefficient (Wildman–Crippen LogP) is 1.87. The number of anilines is 1. The zero-order chi connectivity index (χ0) is 12.5. The average molecular weight is 235 g/mol. The Labute approximate surface area is 103 Å². The Balaban J connectivity index is 2.24. The van der Waals surface area contributed by atoms with E-state index in [2.05, 4.69) is 10.1 Å². The van der Waals surface area contributed by atoms with Crippen LogP contribution < -0.4 is 5.73 Å². The summed E-state index contributed by atoms with van der Waals surface area (Å²) in [5.74, 6) is 0.537. The fraction of sp³-hybridized carbons (Fsp3) is 0. The third-order valence-corrected chi connectivity index (χ3v) is 2.70. The van der Waals surface area contributed by atoms with Crippen LogP contribution in [0, 0.1) is 11.3 Å². The second-order valence-corrected chi connectivity index (χ2v) is 3.86. The molecule has 18 heavy (non-hydrogen) atoms. The molecule has 0 aliphatic heterocycles. The molecule has 3 rings (SSSR count). The minimum Gasteiger partial charge on any atom is -0.396 e. The Morgan fingerprint density at radius 3 is 2.83 bits per heavy atom. The highest BCUT2D eigenvalue weighted by Gasteiger charge is 2.09. The first-order valence-electron chi connectivity index (χ1n) is 5.38. The summed E-state index contributed by atoms with van der Waals surface area (Å²) in [7, 11) is 0. The SMILES string of the molecule is N#Cc1cnc(-n2ncc3ccccc32)c(N)c1. The van der Waals surface area contributed by atoms with E-state index in [0.29, 0.717) is 17.1 Å². The molecule has 0 atom stereocenters. The number of hydrogen-bond acceptors (Lipinski definition) is 4. The van der Waals surface area contributed by atoms with Crippen LogP contribution in [0.1, 0.15) is 5.56 Å². The van der Waals surface area contributed by atoms with E-state index in [-0.39, 0.29) is 0 Å². The molecular weight excluding hydrogens is 226 g/mol. The largest absolute Gasteiger partial charge is 0.396 e. The number of nitrogens with zero attached hydrogens (tertiary/aromatic N) is 4. The topological polar surface area (TPSA) is 80.5 Å². The third kappa shape index (κ3) is 1.48. The number of hydrogen-bond donors (Lipinski definition) is 1. The lowest BCUT2D eigenvalue weighted by atomic mass is 10.2. The predicted molar refractivity (Wildman–Crippen MR) is 68.0 cm³/mol. The normalized spacial score (nSPS) is 10.4. The van der Waals surface area contributed by atoms with E-state index in [4.69, 9.17) is 11.0 Å². The van der Waals surface area contributed by atoms with Crippen LogP contribution in [-0.2, 0) is 0 Å². The summed E-state index contributed by atoms with van der Waals surface area (Å²) < 4.78 is 1.67. The molecule has 0 amide bonds. The maximum absolute atomic E-state index is 8.79. The van der Waals surface area contributed by atoms with E-state index in [1.807, 2.05) is 30.3 Å². The molecule has 2 N–H and O–H groups in total. The standard InChI is InChI=1S/C13H9N5/c14-6-9-5-11(15)13(16-7-9)18-12-4-2-1-3-10(12)8-17-18/h1-5,7-8H,15H2. The number of aromatic nitrogens is 3. The van der Waals surface area contributed by atoms with Gasteiger partial charge in [0.2, 0.25) is 0 Å². The van der Waals surface area contributed by atoms with Crippen molar-refractivity contribution in [1.82, 2.24) is 14.8 Å². The van der Waals surface area contributed by atoms with Crippen molar-refractivity contribution >= 4 is 16.6 Å². The van der Waals surface area contributed by atoms with Gasteiger partial charge in [-0.05, 0) is 12.1 Å². The van der Waals surface area contributed by atoms with Crippen LogP contribution in [0.4, 0.5) is 5.69 Å². The van der Waals surface area contributed by atoms with Gasteiger partial charge in [0.1, 0.15) is 6.07 Å². The first kappa shape index (κ1) is 10.3. The van der Waals surface area contributed by atoms with E-state index >= 15 is 0 Å². The Morgan fingerprint density at radius 2 is 2.06 bits per heavy atom. The molecule has 5 nitrogen and oxygen atoms in total. The molecule has 0 aliphatic carbocycles. The van der Waals surface area contributed by atoms with E-state index in [0.717, 1.165) is 10.9 Å². The smallest absolute Gasteiger partial charge is 0.177 e. The van der Waals surface area contributed by atoms with Crippen LogP contribution in [0.5, 0.6) is 0 Å². The number of nitriles is 1. The number of rotatable bonds is 1. The van der Waals surface area contributed by atoms with Crippen molar-refractivity contribution < 1.29 is 0 Å². The number of nitrogen functional groups attached to an aromatic ring is 1. The Morgan fingerprint density at radius 1 is 1.22 bits per heavy atom. The summed E-state index contributed by atoms with van der Waals surface area (Å²) in [6.07, 6.45) is 3.25. The van der Waals surface area contributed by atoms with E-state index < -0.39 is 0 Å². The van der Waals surface area contributed by atoms with Gasteiger partial charge in [-0.3, -0.25) is 0 Å². The van der Waals surface area contributed by atoms with Crippen LogP contribution >= 0.6 is 0 Å². The van der Waals surface area contributed by atoms with Gasteiger partial charge in [0.25, 0.3) is 0 Å². The van der Waals surface area contributed by atoms with Crippen LogP contribution in [0.15, 0.2) is 42.7 Å². The van der Waals surface area contributed by atoms with Crippen molar-refractivity contribution in [1.29, 1.82) is 5.26 Å². The lowest BCUT2D eigenvalue weighted by molar-refractivity contribution is 0.877. The molecule has 0 radical (unpaired) electrons. The molecule has 0 bridgehead atoms. The fourth-order valence-corrected chi connectivity index (χ4v) is 1.85. The lowest BCUT2D eigenvalue weighted by Crippen LogP contribution is -2.04. The molecule has 5 heteroatoms. The number of nitrogens with two attached hydrogens (primary N) is 1. The zero-order valence-electron chi connectivity index (χ0n) is 9.41. The number of fused-ring (bicyclic) bond motifs is 1. The minimum absolute atomic E-state index is 0.433. The van der Waals surface area contributed by atoms with Crippen LogP contribution in [-0.4, -0.2) is 14.8 Å². The Bertz CT molecular complexity index is 766. The molecule has 0 spiro atoms. The third-order valence-electron chi connectivity index (χ3n) is 2.70. The lowest BCUT2D eigenvalue weighted by Gasteiger charge is -2.05. The molecule has 86 valence electrons. The van der Waals surface area contributed by atoms with Gasteiger partial charge in [-0.2, -0.15) is 10.4 Å². The van der Waals surface area contributed by atoms with E-state index in [9.17, 15) is 0 Å². The van der Waals surface area contributed by atoms with Gasteiger partial charge >= 0.3 is 0 Å². The molecule has 3 aromatic rings. The fourth-order valence-electron chi connectivity index (χ4n) is 1.85. The van der Waals surface area contributed by atoms with Crippen LogP contribution in [0.25, 0.3) is 16.7 Å². The molecule has 2 heterocycles. The Hall–Kier alpha value is -2.87. The van der Waals surface area contributed by atoms with E-state index in [1.165, 1.54) is 6.20 Å². The maximum Gasteiger partial charge on any atom is 0.177 e. The summed E-state index contributed by atoms with van der Waals surface area (Å²) >= 11 is 0. The highest BCUT2D eigenvalue weighted by molar-refractivity contribution is 5.80. The molecule has 0 unspecified atom stereocenters. The van der Waals surface area contributed by atoms with Crippen molar-refractivity contribution in [2.24, 2.45) is 0 Å². The van der Waals surface area contributed by atoms with Crippen LogP contribution in [0.2, 0.25) is 0 Å². The zero-order valence-corrected chi connectivity index (χ0v) is 9.41. The van der Waals surface area contributed by atoms with Gasteiger partial charge in [0.05, 0.1) is 23.0 Å². The molecule has 1 aromatic carbocycles. The van der Waals surface area contributed by atoms with Gasteiger partial charge in [0, 0.05) is 11.6 Å². The molecule has 0 saturated carbocycles. The summed E-state index contributed by atoms with van der Waals surface area (Å²) in [6.45, 7) is 0. The highest BCUT2D eigenvalue weighted by atomic mass is 15.3. The van der Waals surface area contributed by atoms with Crippen molar-refractivity contribution in [3.63, 3.8) is 0 Å². The van der Waals surface area contributed by atoms with Gasteiger partial charge in [-0.1, -0.05) is 18.2 Å². The van der Waals surface area contributed by atoms with Gasteiger partial charge in [0.15, 0.2) is 5.82 Å². The van der Waals surface area contributed by atoms with E-state index in [1.54, 1.807) is 16.9 Å². The van der Waals surface area contributed by atoms with Gasteiger partial charge in [-0.25, -0.2) is 9.67 Å². The van der Waals surface area contributed by atoms with Crippen molar-refractivity contribution in [3.05, 3.63) is 48.3 Å². The molecule has 0 saturated heterocycles. The molecule has 0 fully saturated rings. The number of para-hydroxylation sites is 1. The monoisotopic (exact) mass is 235 g/mol. The summed E-state index contributed by atoms with van der Waals surface area (Å²) in [5, 5.41) is 14.1. The maximum atomic E-state index is 8.79. The summed E-state index contributed by atoms with van der Waals surface area (Å²) in [5.41, 5.74) is 7.71. The molecule has 0 aliphatic rings.